The van der Waals surface area contributed by atoms with E-state index in [-0.39, 0.29) is 6.61 Å². The van der Waals surface area contributed by atoms with E-state index >= 15 is 0 Å². The first kappa shape index (κ1) is 10.6. The van der Waals surface area contributed by atoms with Crippen LogP contribution in [0.2, 0.25) is 0 Å². The highest BCUT2D eigenvalue weighted by Crippen LogP contribution is 2.41. The van der Waals surface area contributed by atoms with Crippen molar-refractivity contribution in [3.05, 3.63) is 0 Å². The average molecular weight is 181 g/mol. The molecule has 1 unspecified atom stereocenters. The Morgan fingerprint density at radius 2 is 2.18 bits per heavy atom. The van der Waals surface area contributed by atoms with Gasteiger partial charge in [0.05, 0.1) is 12.8 Å². The van der Waals surface area contributed by atoms with Crippen LogP contribution in [0.3, 0.4) is 0 Å². The summed E-state index contributed by atoms with van der Waals surface area (Å²) in [5.74, 6) is 0. The van der Waals surface area contributed by atoms with Crippen LogP contribution in [0.15, 0.2) is 5.16 Å². The third-order valence-corrected chi connectivity index (χ3v) is 2.18. The number of rotatable bonds is 5. The summed E-state index contributed by atoms with van der Waals surface area (Å²) in [7, 11) is -0.118. The van der Waals surface area contributed by atoms with Crippen LogP contribution in [0.5, 0.6) is 0 Å². The largest absolute Gasteiger partial charge is 0.399 e. The Kier molecular flexibility index (Phi) is 5.11. The highest BCUT2D eigenvalue weighted by Gasteiger charge is 2.12. The van der Waals surface area contributed by atoms with Crippen LogP contribution >= 0.6 is 7.60 Å². The van der Waals surface area contributed by atoms with Crippen molar-refractivity contribution in [1.82, 2.24) is 0 Å². The van der Waals surface area contributed by atoms with Gasteiger partial charge in [-0.1, -0.05) is 5.16 Å². The van der Waals surface area contributed by atoms with Crippen LogP contribution in [0.1, 0.15) is 0 Å². The molecule has 66 valence electrons. The highest BCUT2D eigenvalue weighted by molar-refractivity contribution is 7.52. The zero-order valence-electron chi connectivity index (χ0n) is 6.81. The lowest BCUT2D eigenvalue weighted by molar-refractivity contribution is 0.210. The molecular formula is C5H12NO4P. The van der Waals surface area contributed by atoms with Crippen LogP contribution in [-0.2, 0) is 18.5 Å². The first-order valence-electron chi connectivity index (χ1n) is 2.95. The molecule has 0 radical (unpaired) electrons. The third-order valence-electron chi connectivity index (χ3n) is 0.895. The summed E-state index contributed by atoms with van der Waals surface area (Å²) < 4.78 is 20.3. The summed E-state index contributed by atoms with van der Waals surface area (Å²) in [6.45, 7) is 1.50. The zero-order valence-corrected chi connectivity index (χ0v) is 7.71. The van der Waals surface area contributed by atoms with E-state index in [1.54, 1.807) is 0 Å². The molecule has 0 saturated heterocycles. The minimum absolute atomic E-state index is 0.120. The minimum atomic E-state index is -2.86. The molecule has 0 saturated carbocycles. The standard InChI is InChI=1S/C5H12NO4P/c1-8-6-4-5-10-11(3,7)9-2/h4H,5H2,1-3H3. The van der Waals surface area contributed by atoms with Crippen LogP contribution in [0.4, 0.5) is 0 Å². The number of hydrogen-bond donors (Lipinski definition) is 0. The van der Waals surface area contributed by atoms with Gasteiger partial charge in [-0.25, -0.2) is 0 Å². The highest BCUT2D eigenvalue weighted by atomic mass is 31.2. The monoisotopic (exact) mass is 181 g/mol. The summed E-state index contributed by atoms with van der Waals surface area (Å²) in [5.41, 5.74) is 0. The predicted octanol–water partition coefficient (Wildman–Crippen LogP) is 1.10. The Morgan fingerprint density at radius 3 is 2.64 bits per heavy atom. The third kappa shape index (κ3) is 6.04. The molecule has 0 N–H and O–H groups in total. The van der Waals surface area contributed by atoms with Crippen molar-refractivity contribution < 1.29 is 18.5 Å². The summed E-state index contributed by atoms with van der Waals surface area (Å²) in [6.07, 6.45) is 1.36. The van der Waals surface area contributed by atoms with Gasteiger partial charge in [-0.05, 0) is 0 Å². The van der Waals surface area contributed by atoms with E-state index in [4.69, 9.17) is 4.52 Å². The molecule has 0 spiro atoms. The summed E-state index contributed by atoms with van der Waals surface area (Å²) in [6, 6.07) is 0. The van der Waals surface area contributed by atoms with Crippen molar-refractivity contribution in [2.45, 2.75) is 0 Å². The normalized spacial score (nSPS) is 16.6. The molecule has 0 aromatic heterocycles. The molecule has 0 fully saturated rings. The van der Waals surface area contributed by atoms with E-state index in [1.807, 2.05) is 0 Å². The Bertz CT molecular complexity index is 170. The molecule has 6 heteroatoms. The first-order chi connectivity index (χ1) is 5.12. The maximum atomic E-state index is 11.0. The molecule has 0 rings (SSSR count). The predicted molar refractivity (Wildman–Crippen MR) is 42.0 cm³/mol. The molecule has 0 aliphatic heterocycles. The van der Waals surface area contributed by atoms with Crippen molar-refractivity contribution in [3.63, 3.8) is 0 Å². The minimum Gasteiger partial charge on any atom is -0.399 e. The van der Waals surface area contributed by atoms with E-state index in [9.17, 15) is 4.57 Å². The zero-order chi connectivity index (χ0) is 8.74. The van der Waals surface area contributed by atoms with Crippen LogP contribution in [0.25, 0.3) is 0 Å². The van der Waals surface area contributed by atoms with Gasteiger partial charge in [0, 0.05) is 13.8 Å². The SMILES string of the molecule is CON=CCOP(C)(=O)OC. The van der Waals surface area contributed by atoms with E-state index in [2.05, 4.69) is 14.5 Å². The first-order valence-corrected chi connectivity index (χ1v) is 4.94. The molecule has 0 aliphatic carbocycles. The van der Waals surface area contributed by atoms with Gasteiger partial charge < -0.3 is 13.9 Å². The number of oxime groups is 1. The van der Waals surface area contributed by atoms with Gasteiger partial charge in [0.25, 0.3) is 0 Å². The lowest BCUT2D eigenvalue weighted by Crippen LogP contribution is -1.94. The summed E-state index contributed by atoms with van der Waals surface area (Å²) >= 11 is 0. The Balaban J connectivity index is 3.54. The van der Waals surface area contributed by atoms with Gasteiger partial charge in [-0.2, -0.15) is 0 Å². The van der Waals surface area contributed by atoms with Gasteiger partial charge in [-0.15, -0.1) is 0 Å². The number of hydrogen-bond acceptors (Lipinski definition) is 5. The maximum absolute atomic E-state index is 11.0. The molecular weight excluding hydrogens is 169 g/mol. The molecule has 0 aromatic rings. The average Bonchev–Trinajstić information content (AvgIpc) is 1.99. The lowest BCUT2D eigenvalue weighted by atomic mass is 10.8. The second-order valence-corrected chi connectivity index (χ2v) is 3.89. The second kappa shape index (κ2) is 5.29. The fourth-order valence-electron chi connectivity index (χ4n) is 0.326. The molecule has 5 nitrogen and oxygen atoms in total. The Morgan fingerprint density at radius 1 is 1.55 bits per heavy atom. The van der Waals surface area contributed by atoms with Crippen molar-refractivity contribution in [2.24, 2.45) is 5.16 Å². The molecule has 0 heterocycles. The summed E-state index contributed by atoms with van der Waals surface area (Å²) in [4.78, 5) is 4.35. The van der Waals surface area contributed by atoms with E-state index in [0.29, 0.717) is 0 Å². The Labute approximate surface area is 65.9 Å². The van der Waals surface area contributed by atoms with Crippen molar-refractivity contribution in [3.8, 4) is 0 Å². The molecule has 0 bridgehead atoms. The van der Waals surface area contributed by atoms with E-state index in [1.165, 1.54) is 27.1 Å². The molecule has 1 atom stereocenters. The van der Waals surface area contributed by atoms with E-state index in [0.717, 1.165) is 0 Å². The fourth-order valence-corrected chi connectivity index (χ4v) is 0.769. The van der Waals surface area contributed by atoms with Crippen LogP contribution in [-0.4, -0.2) is 33.7 Å². The Hall–Kier alpha value is -0.380. The smallest absolute Gasteiger partial charge is 0.327 e. The number of nitrogens with zero attached hydrogens (tertiary/aromatic N) is 1. The summed E-state index contributed by atoms with van der Waals surface area (Å²) in [5, 5.41) is 3.38. The maximum Gasteiger partial charge on any atom is 0.327 e. The second-order valence-electron chi connectivity index (χ2n) is 1.72. The quantitative estimate of drug-likeness (QED) is 0.362. The van der Waals surface area contributed by atoms with Gasteiger partial charge >= 0.3 is 7.60 Å². The topological polar surface area (TPSA) is 57.1 Å². The van der Waals surface area contributed by atoms with Gasteiger partial charge in [-0.3, -0.25) is 4.57 Å². The van der Waals surface area contributed by atoms with Crippen molar-refractivity contribution in [1.29, 1.82) is 0 Å². The molecule has 0 aromatic carbocycles. The lowest BCUT2D eigenvalue weighted by Gasteiger charge is -2.07. The van der Waals surface area contributed by atoms with Crippen LogP contribution < -0.4 is 0 Å². The van der Waals surface area contributed by atoms with Gasteiger partial charge in [0.1, 0.15) is 7.11 Å². The van der Waals surface area contributed by atoms with Gasteiger partial charge in [0.2, 0.25) is 0 Å². The van der Waals surface area contributed by atoms with Crippen molar-refractivity contribution >= 4 is 13.8 Å². The molecule has 0 amide bonds. The molecule has 11 heavy (non-hydrogen) atoms. The van der Waals surface area contributed by atoms with E-state index < -0.39 is 7.60 Å². The van der Waals surface area contributed by atoms with Gasteiger partial charge in [0.15, 0.2) is 0 Å². The molecule has 0 aliphatic rings. The van der Waals surface area contributed by atoms with Crippen molar-refractivity contribution in [2.75, 3.05) is 27.5 Å². The fraction of sp³-hybridized carbons (Fsp3) is 0.800. The van der Waals surface area contributed by atoms with Crippen LogP contribution in [0, 0.1) is 0 Å².